The molecule has 1 aromatic heterocycles. The molecule has 7 aromatic carbocycles. The molecule has 0 radical (unpaired) electrons. The summed E-state index contributed by atoms with van der Waals surface area (Å²) in [5, 5.41) is 0.856. The van der Waals surface area contributed by atoms with Gasteiger partial charge in [0.25, 0.3) is 0 Å². The van der Waals surface area contributed by atoms with Gasteiger partial charge in [-0.05, 0) is 79.5 Å². The maximum absolute atomic E-state index is 9.14. The third-order valence-electron chi connectivity index (χ3n) is 7.06. The van der Waals surface area contributed by atoms with Crippen LogP contribution in [0.3, 0.4) is 0 Å². The van der Waals surface area contributed by atoms with Crippen LogP contribution in [0.4, 0.5) is 0 Å². The lowest BCUT2D eigenvalue weighted by atomic mass is 9.86. The van der Waals surface area contributed by atoms with E-state index in [9.17, 15) is 0 Å². The highest BCUT2D eigenvalue weighted by Crippen LogP contribution is 2.37. The molecule has 8 aromatic rings. The summed E-state index contributed by atoms with van der Waals surface area (Å²) in [6, 6.07) is 4.47. The van der Waals surface area contributed by atoms with Gasteiger partial charge in [0.05, 0.1) is 20.6 Å². The van der Waals surface area contributed by atoms with Crippen molar-refractivity contribution in [1.82, 2.24) is 0 Å². The smallest absolute Gasteiger partial charge is 0.135 e. The summed E-state index contributed by atoms with van der Waals surface area (Å²) < 4.78 is 137. The van der Waals surface area contributed by atoms with Gasteiger partial charge in [0.15, 0.2) is 0 Å². The Hall–Kier alpha value is -4.88. The quantitative estimate of drug-likeness (QED) is 0.213. The molecule has 1 heteroatoms. The SMILES string of the molecule is [2H]c1c([2H])c([2H])c2c([2H])c(Cc3c4c([2H])c([2H])c([2H])c([2H])c4c(Cc4ccc5c(c4)oc4ccccc45)c4c([2H])c([2H])c([2H])c([2H])c34)c([2H])c([2H])c2c1[2H]. The Labute approximate surface area is 248 Å². The Morgan fingerprint density at radius 3 is 1.79 bits per heavy atom. The molecule has 0 atom stereocenters. The summed E-state index contributed by atoms with van der Waals surface area (Å²) in [6.45, 7) is 0. The van der Waals surface area contributed by atoms with Crippen LogP contribution in [-0.4, -0.2) is 0 Å². The van der Waals surface area contributed by atoms with E-state index in [0.29, 0.717) is 16.7 Å². The zero-order valence-electron chi connectivity index (χ0n) is 35.4. The van der Waals surface area contributed by atoms with Crippen molar-refractivity contribution in [3.05, 3.63) is 155 Å². The van der Waals surface area contributed by atoms with E-state index in [-0.39, 0.29) is 55.4 Å². The molecule has 0 aliphatic rings. The summed E-state index contributed by atoms with van der Waals surface area (Å²) in [5.41, 5.74) is 1.77. The summed E-state index contributed by atoms with van der Waals surface area (Å²) >= 11 is 0. The molecule has 1 nitrogen and oxygen atoms in total. The zero-order valence-corrected chi connectivity index (χ0v) is 20.4. The minimum atomic E-state index is -0.645. The molecule has 0 bridgehead atoms. The molecule has 0 unspecified atom stereocenters. The monoisotopic (exact) mass is 513 g/mol. The molecule has 0 spiro atoms. The first-order valence-corrected chi connectivity index (χ1v) is 12.4. The minimum absolute atomic E-state index is 0.0231. The summed E-state index contributed by atoms with van der Waals surface area (Å²) in [4.78, 5) is 0. The van der Waals surface area contributed by atoms with Crippen LogP contribution in [-0.2, 0) is 12.8 Å². The standard InChI is InChI=1S/C38H26O/c1-2-10-28-21-25(17-19-27(28)9-1)22-35-29-11-3-5-13-31(29)36(32-14-6-4-12-30(32)35)23-26-18-20-34-33-15-7-8-16-37(33)39-38(34)24-26/h1-21,24H,22-23H2/i1D,2D,3D,4D,5D,6D,9D,10D,11D,12D,13D,14D,17D,19D,21D. The lowest BCUT2D eigenvalue weighted by Gasteiger charge is -2.17. The van der Waals surface area contributed by atoms with Crippen LogP contribution >= 0.6 is 0 Å². The van der Waals surface area contributed by atoms with Crippen molar-refractivity contribution in [2.24, 2.45) is 0 Å². The second-order valence-corrected chi connectivity index (χ2v) is 9.34. The van der Waals surface area contributed by atoms with Gasteiger partial charge in [0, 0.05) is 10.8 Å². The normalized spacial score (nSPS) is 17.2. The Morgan fingerprint density at radius 2 is 1.08 bits per heavy atom. The number of hydrogen-bond acceptors (Lipinski definition) is 1. The Morgan fingerprint density at radius 1 is 0.487 bits per heavy atom. The van der Waals surface area contributed by atoms with Gasteiger partial charge in [-0.1, -0.05) is 121 Å². The van der Waals surface area contributed by atoms with E-state index in [1.54, 1.807) is 6.07 Å². The average Bonchev–Trinajstić information content (AvgIpc) is 3.53. The topological polar surface area (TPSA) is 13.1 Å². The first-order chi connectivity index (χ1) is 25.6. The van der Waals surface area contributed by atoms with Gasteiger partial charge in [-0.3, -0.25) is 0 Å². The Kier molecular flexibility index (Phi) is 2.70. The predicted octanol–water partition coefficient (Wildman–Crippen LogP) is 10.2. The van der Waals surface area contributed by atoms with E-state index >= 15 is 0 Å². The lowest BCUT2D eigenvalue weighted by Crippen LogP contribution is -1.98. The molecule has 0 amide bonds. The molecule has 0 saturated carbocycles. The largest absolute Gasteiger partial charge is 0.456 e. The molecule has 184 valence electrons. The number of para-hydroxylation sites is 1. The van der Waals surface area contributed by atoms with Crippen LogP contribution in [0.15, 0.2) is 138 Å². The van der Waals surface area contributed by atoms with Crippen molar-refractivity contribution in [2.45, 2.75) is 12.8 Å². The van der Waals surface area contributed by atoms with Gasteiger partial charge >= 0.3 is 0 Å². The van der Waals surface area contributed by atoms with Crippen LogP contribution in [0.2, 0.25) is 0 Å². The summed E-state index contributed by atoms with van der Waals surface area (Å²) in [7, 11) is 0. The van der Waals surface area contributed by atoms with Crippen molar-refractivity contribution >= 4 is 54.3 Å². The molecule has 0 aliphatic heterocycles. The zero-order chi connectivity index (χ0) is 38.8. The first kappa shape index (κ1) is 11.9. The molecule has 0 fully saturated rings. The van der Waals surface area contributed by atoms with Crippen LogP contribution < -0.4 is 0 Å². The van der Waals surface area contributed by atoms with Crippen molar-refractivity contribution in [2.75, 3.05) is 0 Å². The van der Waals surface area contributed by atoms with Gasteiger partial charge in [0.2, 0.25) is 0 Å². The number of furan rings is 1. The molecule has 39 heavy (non-hydrogen) atoms. The van der Waals surface area contributed by atoms with E-state index in [0.717, 1.165) is 10.8 Å². The highest BCUT2D eigenvalue weighted by atomic mass is 16.3. The van der Waals surface area contributed by atoms with Crippen LogP contribution in [0.25, 0.3) is 54.3 Å². The fourth-order valence-corrected chi connectivity index (χ4v) is 5.30. The van der Waals surface area contributed by atoms with Gasteiger partial charge in [-0.2, -0.15) is 0 Å². The summed E-state index contributed by atoms with van der Waals surface area (Å²) in [5.74, 6) is 0. The fraction of sp³-hybridized carbons (Fsp3) is 0.0526. The summed E-state index contributed by atoms with van der Waals surface area (Å²) in [6.07, 6.45) is -0.578. The maximum atomic E-state index is 9.14. The van der Waals surface area contributed by atoms with E-state index in [1.165, 1.54) is 0 Å². The Bertz CT molecular complexity index is 2920. The number of rotatable bonds is 4. The minimum Gasteiger partial charge on any atom is -0.456 e. The van der Waals surface area contributed by atoms with E-state index < -0.39 is 97.1 Å². The molecular weight excluding hydrogens is 472 g/mol. The van der Waals surface area contributed by atoms with Crippen LogP contribution in [0, 0.1) is 0 Å². The molecule has 0 aliphatic carbocycles. The molecule has 1 heterocycles. The molecule has 8 rings (SSSR count). The number of fused-ring (bicyclic) bond motifs is 6. The lowest BCUT2D eigenvalue weighted by molar-refractivity contribution is 0.668. The van der Waals surface area contributed by atoms with E-state index in [1.807, 2.05) is 36.4 Å². The van der Waals surface area contributed by atoms with E-state index in [4.69, 9.17) is 25.0 Å². The van der Waals surface area contributed by atoms with Crippen LogP contribution in [0.1, 0.15) is 42.8 Å². The number of benzene rings is 7. The maximum Gasteiger partial charge on any atom is 0.135 e. The van der Waals surface area contributed by atoms with E-state index in [2.05, 4.69) is 0 Å². The molecule has 0 saturated heterocycles. The van der Waals surface area contributed by atoms with Crippen molar-refractivity contribution in [3.63, 3.8) is 0 Å². The van der Waals surface area contributed by atoms with Gasteiger partial charge in [-0.25, -0.2) is 0 Å². The van der Waals surface area contributed by atoms with Crippen molar-refractivity contribution < 1.29 is 25.0 Å². The second-order valence-electron chi connectivity index (χ2n) is 9.34. The second kappa shape index (κ2) is 8.85. The van der Waals surface area contributed by atoms with Crippen LogP contribution in [0.5, 0.6) is 0 Å². The average molecular weight is 514 g/mol. The highest BCUT2D eigenvalue weighted by Gasteiger charge is 2.16. The third kappa shape index (κ3) is 3.70. The van der Waals surface area contributed by atoms with Crippen molar-refractivity contribution in [1.29, 1.82) is 0 Å². The van der Waals surface area contributed by atoms with Gasteiger partial charge < -0.3 is 4.42 Å². The molecule has 0 N–H and O–H groups in total. The Balaban J connectivity index is 1.51. The third-order valence-corrected chi connectivity index (χ3v) is 7.06. The highest BCUT2D eigenvalue weighted by molar-refractivity contribution is 6.07. The van der Waals surface area contributed by atoms with Gasteiger partial charge in [-0.15, -0.1) is 0 Å². The first-order valence-electron chi connectivity index (χ1n) is 19.9. The molecular formula is C38H26O. The number of hydrogen-bond donors (Lipinski definition) is 0. The van der Waals surface area contributed by atoms with Crippen molar-refractivity contribution in [3.8, 4) is 0 Å². The fourth-order valence-electron chi connectivity index (χ4n) is 5.30. The predicted molar refractivity (Wildman–Crippen MR) is 165 cm³/mol. The van der Waals surface area contributed by atoms with Gasteiger partial charge in [0.1, 0.15) is 11.2 Å².